The Labute approximate surface area is 159 Å². The second-order valence-corrected chi connectivity index (χ2v) is 6.45. The maximum absolute atomic E-state index is 12.8. The summed E-state index contributed by atoms with van der Waals surface area (Å²) in [5.41, 5.74) is 0.428. The topological polar surface area (TPSA) is 92.8 Å². The second kappa shape index (κ2) is 8.79. The van der Waals surface area contributed by atoms with Crippen LogP contribution in [0.25, 0.3) is 0 Å². The van der Waals surface area contributed by atoms with Gasteiger partial charge >= 0.3 is 0 Å². The molecule has 1 aromatic rings. The lowest BCUT2D eigenvalue weighted by molar-refractivity contribution is -0.136. The number of carbonyl (C=O) groups excluding carboxylic acids is 4. The number of amides is 4. The highest BCUT2D eigenvalue weighted by atomic mass is 16.5. The summed E-state index contributed by atoms with van der Waals surface area (Å²) in [6.45, 7) is 8.52. The van der Waals surface area contributed by atoms with Crippen molar-refractivity contribution in [1.82, 2.24) is 10.2 Å². The number of piperidine rings is 1. The standard InChI is InChI=1S/C18H20N2O5.C2H6/c1-3-10(2)9-25-13-6-4-5-11-15(13)18(24)20(17(11)23)12-7-8-14(21)19-16(12)22;1-2/h4-6,10,12H,3,7-9H2,1-2H3,(H,19,21,22);1-2H3. The van der Waals surface area contributed by atoms with E-state index in [9.17, 15) is 19.2 Å². The van der Waals surface area contributed by atoms with Crippen molar-refractivity contribution in [2.75, 3.05) is 6.61 Å². The molecule has 146 valence electrons. The average Bonchev–Trinajstić information content (AvgIpc) is 2.93. The highest BCUT2D eigenvalue weighted by molar-refractivity contribution is 6.24. The summed E-state index contributed by atoms with van der Waals surface area (Å²) in [5.74, 6) is -1.42. The molecule has 0 aromatic heterocycles. The lowest BCUT2D eigenvalue weighted by atomic mass is 10.0. The molecule has 2 unspecified atom stereocenters. The van der Waals surface area contributed by atoms with Gasteiger partial charge in [0, 0.05) is 6.42 Å². The van der Waals surface area contributed by atoms with Gasteiger partial charge in [0.15, 0.2) is 0 Å². The van der Waals surface area contributed by atoms with E-state index in [0.717, 1.165) is 11.3 Å². The highest BCUT2D eigenvalue weighted by Crippen LogP contribution is 2.33. The summed E-state index contributed by atoms with van der Waals surface area (Å²) < 4.78 is 5.75. The lowest BCUT2D eigenvalue weighted by Crippen LogP contribution is -2.54. The predicted octanol–water partition coefficient (Wildman–Crippen LogP) is 2.54. The Bertz CT molecular complexity index is 759. The van der Waals surface area contributed by atoms with Gasteiger partial charge in [0.25, 0.3) is 11.8 Å². The fourth-order valence-corrected chi connectivity index (χ4v) is 2.95. The molecule has 1 fully saturated rings. The summed E-state index contributed by atoms with van der Waals surface area (Å²) in [5, 5.41) is 2.18. The SMILES string of the molecule is CC.CCC(C)COc1cccc2c1C(=O)N(C1CCC(=O)NC1=O)C2=O. The zero-order valence-electron chi connectivity index (χ0n) is 16.2. The van der Waals surface area contributed by atoms with Crippen LogP contribution < -0.4 is 10.1 Å². The molecule has 2 heterocycles. The Morgan fingerprint density at radius 3 is 2.52 bits per heavy atom. The summed E-state index contributed by atoms with van der Waals surface area (Å²) in [7, 11) is 0. The number of nitrogens with one attached hydrogen (secondary N) is 1. The molecule has 27 heavy (non-hydrogen) atoms. The molecule has 0 radical (unpaired) electrons. The number of benzene rings is 1. The molecule has 7 nitrogen and oxygen atoms in total. The van der Waals surface area contributed by atoms with Gasteiger partial charge in [-0.2, -0.15) is 0 Å². The third kappa shape index (κ3) is 4.02. The van der Waals surface area contributed by atoms with Crippen LogP contribution in [-0.2, 0) is 9.59 Å². The van der Waals surface area contributed by atoms with Crippen molar-refractivity contribution in [1.29, 1.82) is 0 Å². The van der Waals surface area contributed by atoms with Crippen molar-refractivity contribution in [3.63, 3.8) is 0 Å². The normalized spacial score (nSPS) is 19.9. The number of fused-ring (bicyclic) bond motifs is 1. The van der Waals surface area contributed by atoms with E-state index in [1.165, 1.54) is 0 Å². The van der Waals surface area contributed by atoms with Gasteiger partial charge < -0.3 is 4.74 Å². The quantitative estimate of drug-likeness (QED) is 0.800. The van der Waals surface area contributed by atoms with E-state index in [4.69, 9.17) is 4.74 Å². The van der Waals surface area contributed by atoms with Crippen molar-refractivity contribution in [2.24, 2.45) is 5.92 Å². The molecule has 2 aliphatic rings. The predicted molar refractivity (Wildman–Crippen MR) is 99.4 cm³/mol. The summed E-state index contributed by atoms with van der Waals surface area (Å²) in [6.07, 6.45) is 1.17. The van der Waals surface area contributed by atoms with Crippen LogP contribution in [0, 0.1) is 5.92 Å². The third-order valence-corrected chi connectivity index (χ3v) is 4.65. The van der Waals surface area contributed by atoms with E-state index in [0.29, 0.717) is 18.3 Å². The van der Waals surface area contributed by atoms with E-state index in [-0.39, 0.29) is 24.0 Å². The minimum Gasteiger partial charge on any atom is -0.492 e. The van der Waals surface area contributed by atoms with E-state index >= 15 is 0 Å². The van der Waals surface area contributed by atoms with Crippen LogP contribution in [0.2, 0.25) is 0 Å². The summed E-state index contributed by atoms with van der Waals surface area (Å²) in [4.78, 5) is 49.8. The molecule has 2 aliphatic heterocycles. The van der Waals surface area contributed by atoms with Gasteiger partial charge in [-0.25, -0.2) is 0 Å². The van der Waals surface area contributed by atoms with E-state index in [1.807, 2.05) is 27.7 Å². The first-order valence-electron chi connectivity index (χ1n) is 9.41. The molecule has 4 amide bonds. The van der Waals surface area contributed by atoms with Gasteiger partial charge in [-0.15, -0.1) is 0 Å². The number of hydrogen-bond donors (Lipinski definition) is 1. The van der Waals surface area contributed by atoms with Crippen LogP contribution in [0.5, 0.6) is 5.75 Å². The maximum Gasteiger partial charge on any atom is 0.266 e. The average molecular weight is 374 g/mol. The number of rotatable bonds is 5. The van der Waals surface area contributed by atoms with Crippen molar-refractivity contribution < 1.29 is 23.9 Å². The molecule has 0 aliphatic carbocycles. The van der Waals surface area contributed by atoms with E-state index in [1.54, 1.807) is 18.2 Å². The van der Waals surface area contributed by atoms with Crippen molar-refractivity contribution in [3.05, 3.63) is 29.3 Å². The molecular formula is C20H26N2O5. The van der Waals surface area contributed by atoms with Crippen LogP contribution in [0.15, 0.2) is 18.2 Å². The second-order valence-electron chi connectivity index (χ2n) is 6.45. The fraction of sp³-hybridized carbons (Fsp3) is 0.500. The monoisotopic (exact) mass is 374 g/mol. The molecule has 0 bridgehead atoms. The number of nitrogens with zero attached hydrogens (tertiary/aromatic N) is 1. The maximum atomic E-state index is 12.8. The largest absolute Gasteiger partial charge is 0.492 e. The molecule has 1 saturated heterocycles. The number of hydrogen-bond acceptors (Lipinski definition) is 5. The zero-order chi connectivity index (χ0) is 20.1. The molecule has 7 heteroatoms. The third-order valence-electron chi connectivity index (χ3n) is 4.65. The Hall–Kier alpha value is -2.70. The Balaban J connectivity index is 0.00000126. The Morgan fingerprint density at radius 2 is 1.89 bits per heavy atom. The van der Waals surface area contributed by atoms with Crippen molar-refractivity contribution in [2.45, 2.75) is 53.0 Å². The smallest absolute Gasteiger partial charge is 0.266 e. The first-order valence-corrected chi connectivity index (χ1v) is 9.41. The molecule has 3 rings (SSSR count). The molecule has 0 saturated carbocycles. The zero-order valence-corrected chi connectivity index (χ0v) is 16.2. The lowest BCUT2D eigenvalue weighted by Gasteiger charge is -2.27. The van der Waals surface area contributed by atoms with Gasteiger partial charge in [0.05, 0.1) is 17.7 Å². The van der Waals surface area contributed by atoms with Crippen molar-refractivity contribution in [3.8, 4) is 5.75 Å². The number of ether oxygens (including phenoxy) is 1. The van der Waals surface area contributed by atoms with Crippen LogP contribution in [0.4, 0.5) is 0 Å². The van der Waals surface area contributed by atoms with Gasteiger partial charge in [-0.1, -0.05) is 40.2 Å². The molecule has 1 N–H and O–H groups in total. The number of imide groups is 2. The summed E-state index contributed by atoms with van der Waals surface area (Å²) >= 11 is 0. The van der Waals surface area contributed by atoms with Gasteiger partial charge in [-0.05, 0) is 24.5 Å². The Morgan fingerprint density at radius 1 is 1.19 bits per heavy atom. The van der Waals surface area contributed by atoms with Crippen LogP contribution in [0.3, 0.4) is 0 Å². The van der Waals surface area contributed by atoms with E-state index < -0.39 is 29.7 Å². The van der Waals surface area contributed by atoms with Crippen LogP contribution in [-0.4, -0.2) is 41.2 Å². The van der Waals surface area contributed by atoms with Crippen molar-refractivity contribution >= 4 is 23.6 Å². The van der Waals surface area contributed by atoms with E-state index in [2.05, 4.69) is 5.32 Å². The minimum atomic E-state index is -0.965. The molecular weight excluding hydrogens is 348 g/mol. The first-order chi connectivity index (χ1) is 12.9. The highest BCUT2D eigenvalue weighted by Gasteiger charge is 2.45. The summed E-state index contributed by atoms with van der Waals surface area (Å²) in [6, 6.07) is 3.90. The molecule has 1 aromatic carbocycles. The number of carbonyl (C=O) groups is 4. The van der Waals surface area contributed by atoms with Crippen LogP contribution in [0.1, 0.15) is 67.7 Å². The van der Waals surface area contributed by atoms with Gasteiger partial charge in [-0.3, -0.25) is 29.4 Å². The van der Waals surface area contributed by atoms with Gasteiger partial charge in [0.1, 0.15) is 11.8 Å². The van der Waals surface area contributed by atoms with Gasteiger partial charge in [0.2, 0.25) is 11.8 Å². The Kier molecular flexibility index (Phi) is 6.71. The minimum absolute atomic E-state index is 0.0984. The molecule has 2 atom stereocenters. The first kappa shape index (κ1) is 20.6. The fourth-order valence-electron chi connectivity index (χ4n) is 2.95. The molecule has 0 spiro atoms. The van der Waals surface area contributed by atoms with Crippen LogP contribution >= 0.6 is 0 Å².